The van der Waals surface area contributed by atoms with Crippen LogP contribution in [0.15, 0.2) is 108 Å². The Bertz CT molecular complexity index is 713. The van der Waals surface area contributed by atoms with Crippen molar-refractivity contribution in [2.45, 2.75) is 0 Å². The SMILES string of the molecule is C(=C/P(/C=C\c1ccccc1)/C=C/c1ccccc1)/c1ccccc1. The fraction of sp³-hybridized carbons (Fsp3) is 0. The van der Waals surface area contributed by atoms with Crippen molar-refractivity contribution in [1.29, 1.82) is 0 Å². The van der Waals surface area contributed by atoms with Crippen LogP contribution in [0.4, 0.5) is 0 Å². The molecule has 0 aliphatic carbocycles. The summed E-state index contributed by atoms with van der Waals surface area (Å²) in [5.41, 5.74) is 3.70. The van der Waals surface area contributed by atoms with Crippen molar-refractivity contribution < 1.29 is 0 Å². The minimum atomic E-state index is -0.473. The van der Waals surface area contributed by atoms with Crippen molar-refractivity contribution in [3.8, 4) is 0 Å². The average Bonchev–Trinajstić information content (AvgIpc) is 2.70. The van der Waals surface area contributed by atoms with Crippen LogP contribution in [0.3, 0.4) is 0 Å². The van der Waals surface area contributed by atoms with Crippen molar-refractivity contribution >= 4 is 26.1 Å². The Morgan fingerprint density at radius 3 is 0.960 bits per heavy atom. The van der Waals surface area contributed by atoms with Gasteiger partial charge in [-0.05, 0) is 24.6 Å². The van der Waals surface area contributed by atoms with Crippen molar-refractivity contribution in [3.63, 3.8) is 0 Å². The topological polar surface area (TPSA) is 0 Å². The van der Waals surface area contributed by atoms with Crippen molar-refractivity contribution in [1.82, 2.24) is 0 Å². The molecule has 0 saturated heterocycles. The molecule has 0 nitrogen and oxygen atoms in total. The molecular formula is C24H21P. The second-order valence-electron chi connectivity index (χ2n) is 5.63. The van der Waals surface area contributed by atoms with Gasteiger partial charge in [0.25, 0.3) is 0 Å². The Kier molecular flexibility index (Phi) is 6.56. The first-order chi connectivity index (χ1) is 12.4. The van der Waals surface area contributed by atoms with Crippen LogP contribution < -0.4 is 0 Å². The molecule has 0 amide bonds. The van der Waals surface area contributed by atoms with Gasteiger partial charge in [-0.2, -0.15) is 0 Å². The minimum Gasteiger partial charge on any atom is -0.0622 e. The maximum atomic E-state index is 2.30. The third-order valence-electron chi connectivity index (χ3n) is 3.72. The first-order valence-corrected chi connectivity index (χ1v) is 9.92. The zero-order valence-corrected chi connectivity index (χ0v) is 15.0. The number of hydrogen-bond donors (Lipinski definition) is 0. The van der Waals surface area contributed by atoms with Crippen LogP contribution in [0.25, 0.3) is 18.2 Å². The fourth-order valence-electron chi connectivity index (χ4n) is 2.36. The zero-order valence-electron chi connectivity index (χ0n) is 14.1. The monoisotopic (exact) mass is 340 g/mol. The lowest BCUT2D eigenvalue weighted by molar-refractivity contribution is 1.66. The van der Waals surface area contributed by atoms with Crippen LogP contribution in [0.1, 0.15) is 16.7 Å². The quantitative estimate of drug-likeness (QED) is 0.408. The molecule has 0 unspecified atom stereocenters. The van der Waals surface area contributed by atoms with Crippen LogP contribution in [0.2, 0.25) is 0 Å². The molecule has 3 rings (SSSR count). The normalized spacial score (nSPS) is 11.9. The molecule has 0 N–H and O–H groups in total. The molecule has 0 heterocycles. The lowest BCUT2D eigenvalue weighted by Crippen LogP contribution is -1.70. The molecule has 0 spiro atoms. The molecule has 3 aromatic carbocycles. The third-order valence-corrected chi connectivity index (χ3v) is 5.20. The van der Waals surface area contributed by atoms with Gasteiger partial charge in [0.15, 0.2) is 0 Å². The fourth-order valence-corrected chi connectivity index (χ4v) is 3.69. The van der Waals surface area contributed by atoms with E-state index in [0.717, 1.165) is 0 Å². The summed E-state index contributed by atoms with van der Waals surface area (Å²) in [4.78, 5) is 0. The second-order valence-corrected chi connectivity index (χ2v) is 7.42. The Labute approximate surface area is 151 Å². The van der Waals surface area contributed by atoms with Gasteiger partial charge in [0.2, 0.25) is 0 Å². The van der Waals surface area contributed by atoms with Crippen LogP contribution in [-0.4, -0.2) is 0 Å². The van der Waals surface area contributed by atoms with E-state index in [2.05, 4.69) is 108 Å². The van der Waals surface area contributed by atoms with E-state index >= 15 is 0 Å². The third kappa shape index (κ3) is 6.03. The predicted molar refractivity (Wildman–Crippen MR) is 113 cm³/mol. The molecule has 0 atom stereocenters. The van der Waals surface area contributed by atoms with E-state index in [-0.39, 0.29) is 0 Å². The van der Waals surface area contributed by atoms with E-state index in [0.29, 0.717) is 0 Å². The van der Waals surface area contributed by atoms with Gasteiger partial charge in [-0.25, -0.2) is 0 Å². The maximum absolute atomic E-state index is 2.30. The molecular weight excluding hydrogens is 319 g/mol. The summed E-state index contributed by atoms with van der Waals surface area (Å²) in [6.45, 7) is 0. The minimum absolute atomic E-state index is 0.473. The smallest absolute Gasteiger partial charge is 0.0256 e. The van der Waals surface area contributed by atoms with E-state index in [4.69, 9.17) is 0 Å². The lowest BCUT2D eigenvalue weighted by Gasteiger charge is -2.03. The Morgan fingerprint density at radius 1 is 0.400 bits per heavy atom. The van der Waals surface area contributed by atoms with E-state index in [9.17, 15) is 0 Å². The zero-order chi connectivity index (χ0) is 17.2. The number of benzene rings is 3. The Balaban J connectivity index is 1.79. The molecule has 0 radical (unpaired) electrons. The number of hydrogen-bond acceptors (Lipinski definition) is 0. The first-order valence-electron chi connectivity index (χ1n) is 8.37. The largest absolute Gasteiger partial charge is 0.0622 e. The Morgan fingerprint density at radius 2 is 0.680 bits per heavy atom. The van der Waals surface area contributed by atoms with Gasteiger partial charge in [-0.15, -0.1) is 0 Å². The first kappa shape index (κ1) is 17.1. The molecule has 0 aliphatic heterocycles. The van der Waals surface area contributed by atoms with E-state index in [1.165, 1.54) is 16.7 Å². The summed E-state index contributed by atoms with van der Waals surface area (Å²) in [7, 11) is -0.473. The molecule has 0 saturated carbocycles. The van der Waals surface area contributed by atoms with Gasteiger partial charge in [-0.1, -0.05) is 127 Å². The van der Waals surface area contributed by atoms with E-state index in [1.807, 2.05) is 18.2 Å². The molecule has 1 heteroatoms. The van der Waals surface area contributed by atoms with Gasteiger partial charge >= 0.3 is 0 Å². The Hall–Kier alpha value is -2.69. The molecule has 0 bridgehead atoms. The summed E-state index contributed by atoms with van der Waals surface area (Å²) in [6, 6.07) is 31.3. The standard InChI is InChI=1S/C24H21P/c1-4-10-22(11-5-1)16-19-25(20-17-23-12-6-2-7-13-23)21-18-24-14-8-3-9-15-24/h1-21H/b19-16-,20-17-,21-18+. The summed E-state index contributed by atoms with van der Waals surface area (Å²) in [6.07, 6.45) is 6.61. The summed E-state index contributed by atoms with van der Waals surface area (Å²) in [5, 5.41) is 0. The highest BCUT2D eigenvalue weighted by molar-refractivity contribution is 7.67. The van der Waals surface area contributed by atoms with Crippen molar-refractivity contribution in [3.05, 3.63) is 125 Å². The van der Waals surface area contributed by atoms with Crippen molar-refractivity contribution in [2.24, 2.45) is 0 Å². The summed E-state index contributed by atoms with van der Waals surface area (Å²) >= 11 is 0. The van der Waals surface area contributed by atoms with Crippen molar-refractivity contribution in [2.75, 3.05) is 0 Å². The molecule has 122 valence electrons. The molecule has 3 aromatic rings. The van der Waals surface area contributed by atoms with Crippen LogP contribution >= 0.6 is 7.92 Å². The highest BCUT2D eigenvalue weighted by atomic mass is 31.1. The molecule has 25 heavy (non-hydrogen) atoms. The van der Waals surface area contributed by atoms with Gasteiger partial charge in [0.05, 0.1) is 0 Å². The van der Waals surface area contributed by atoms with E-state index < -0.39 is 7.92 Å². The second kappa shape index (κ2) is 9.57. The van der Waals surface area contributed by atoms with Gasteiger partial charge in [-0.3, -0.25) is 0 Å². The lowest BCUT2D eigenvalue weighted by atomic mass is 10.2. The van der Waals surface area contributed by atoms with Crippen LogP contribution in [0, 0.1) is 0 Å². The average molecular weight is 340 g/mol. The highest BCUT2D eigenvalue weighted by Crippen LogP contribution is 2.42. The molecule has 0 aromatic heterocycles. The van der Waals surface area contributed by atoms with Gasteiger partial charge in [0, 0.05) is 0 Å². The highest BCUT2D eigenvalue weighted by Gasteiger charge is 1.95. The number of rotatable bonds is 6. The maximum Gasteiger partial charge on any atom is -0.0256 e. The van der Waals surface area contributed by atoms with Crippen LogP contribution in [-0.2, 0) is 0 Å². The van der Waals surface area contributed by atoms with Gasteiger partial charge in [0.1, 0.15) is 0 Å². The van der Waals surface area contributed by atoms with E-state index in [1.54, 1.807) is 0 Å². The van der Waals surface area contributed by atoms with Crippen LogP contribution in [0.5, 0.6) is 0 Å². The molecule has 0 fully saturated rings. The van der Waals surface area contributed by atoms with Gasteiger partial charge < -0.3 is 0 Å². The summed E-state index contributed by atoms with van der Waals surface area (Å²) < 4.78 is 0. The molecule has 0 aliphatic rings. The summed E-state index contributed by atoms with van der Waals surface area (Å²) in [5.74, 6) is 6.89. The predicted octanol–water partition coefficient (Wildman–Crippen LogP) is 7.48.